The minimum absolute atomic E-state index is 0.0699. The van der Waals surface area contributed by atoms with Crippen molar-refractivity contribution >= 4 is 29.2 Å². The van der Waals surface area contributed by atoms with Crippen LogP contribution < -0.4 is 21.4 Å². The van der Waals surface area contributed by atoms with Crippen LogP contribution in [0, 0.1) is 0 Å². The Morgan fingerprint density at radius 1 is 0.879 bits per heavy atom. The molecule has 0 saturated carbocycles. The molecule has 0 aromatic heterocycles. The lowest BCUT2D eigenvalue weighted by molar-refractivity contribution is -0.137. The van der Waals surface area contributed by atoms with Crippen LogP contribution in [0.15, 0.2) is 54.6 Å². The third-order valence-corrected chi connectivity index (χ3v) is 4.63. The summed E-state index contributed by atoms with van der Waals surface area (Å²) in [7, 11) is 0. The molecule has 2 aromatic rings. The lowest BCUT2D eigenvalue weighted by Gasteiger charge is -2.19. The highest BCUT2D eigenvalue weighted by Gasteiger charge is 2.30. The van der Waals surface area contributed by atoms with Gasteiger partial charge in [0.05, 0.1) is 5.56 Å². The molecular formula is C22H25F3N4O4. The minimum atomic E-state index is -4.56. The second-order valence-electron chi connectivity index (χ2n) is 7.22. The van der Waals surface area contributed by atoms with Gasteiger partial charge in [0.15, 0.2) is 0 Å². The van der Waals surface area contributed by atoms with Gasteiger partial charge in [0, 0.05) is 17.8 Å². The van der Waals surface area contributed by atoms with E-state index in [9.17, 15) is 27.6 Å². The van der Waals surface area contributed by atoms with E-state index in [1.54, 1.807) is 30.3 Å². The van der Waals surface area contributed by atoms with E-state index in [4.69, 9.17) is 5.21 Å². The molecule has 2 rings (SSSR count). The summed E-state index contributed by atoms with van der Waals surface area (Å²) in [6, 6.07) is 10.9. The third-order valence-electron chi connectivity index (χ3n) is 4.63. The molecule has 0 radical (unpaired) electrons. The number of hydrogen-bond donors (Lipinski definition) is 5. The van der Waals surface area contributed by atoms with E-state index in [-0.39, 0.29) is 18.5 Å². The first kappa shape index (κ1) is 25.7. The van der Waals surface area contributed by atoms with Crippen molar-refractivity contribution in [1.82, 2.24) is 10.8 Å². The maximum absolute atomic E-state index is 12.9. The molecule has 0 aliphatic carbocycles. The highest BCUT2D eigenvalue weighted by Crippen LogP contribution is 2.30. The Morgan fingerprint density at radius 3 is 2.24 bits per heavy atom. The summed E-state index contributed by atoms with van der Waals surface area (Å²) in [5.74, 6) is -1.01. The topological polar surface area (TPSA) is 120 Å². The summed E-state index contributed by atoms with van der Waals surface area (Å²) in [5, 5.41) is 16.0. The average Bonchev–Trinajstić information content (AvgIpc) is 2.78. The molecule has 11 heteroatoms. The van der Waals surface area contributed by atoms with Crippen LogP contribution in [0.5, 0.6) is 0 Å². The van der Waals surface area contributed by atoms with Gasteiger partial charge in [-0.3, -0.25) is 14.8 Å². The molecule has 1 atom stereocenters. The van der Waals surface area contributed by atoms with Gasteiger partial charge in [-0.2, -0.15) is 13.2 Å². The average molecular weight is 466 g/mol. The number of halogens is 3. The van der Waals surface area contributed by atoms with E-state index in [1.165, 1.54) is 17.6 Å². The number of amides is 4. The summed E-state index contributed by atoms with van der Waals surface area (Å²) in [5.41, 5.74) is 1.07. The zero-order valence-electron chi connectivity index (χ0n) is 17.6. The second-order valence-corrected chi connectivity index (χ2v) is 7.22. The van der Waals surface area contributed by atoms with Crippen molar-refractivity contribution in [3.63, 3.8) is 0 Å². The molecule has 0 aliphatic heterocycles. The molecule has 33 heavy (non-hydrogen) atoms. The van der Waals surface area contributed by atoms with Crippen LogP contribution in [-0.4, -0.2) is 29.1 Å². The van der Waals surface area contributed by atoms with E-state index < -0.39 is 35.6 Å². The molecule has 0 spiro atoms. The number of anilines is 2. The fourth-order valence-corrected chi connectivity index (χ4v) is 2.99. The summed E-state index contributed by atoms with van der Waals surface area (Å²) >= 11 is 0. The lowest BCUT2D eigenvalue weighted by Crippen LogP contribution is -2.45. The predicted molar refractivity (Wildman–Crippen MR) is 115 cm³/mol. The smallest absolute Gasteiger partial charge is 0.326 e. The van der Waals surface area contributed by atoms with Crippen LogP contribution in [0.1, 0.15) is 37.7 Å². The number of unbranched alkanes of at least 4 members (excludes halogenated alkanes) is 2. The normalized spacial score (nSPS) is 11.9. The molecule has 5 N–H and O–H groups in total. The summed E-state index contributed by atoms with van der Waals surface area (Å²) in [4.78, 5) is 36.2. The van der Waals surface area contributed by atoms with Crippen molar-refractivity contribution in [3.8, 4) is 0 Å². The molecule has 0 heterocycles. The Kier molecular flexibility index (Phi) is 9.67. The van der Waals surface area contributed by atoms with E-state index in [0.717, 1.165) is 12.1 Å². The molecule has 2 aromatic carbocycles. The molecule has 0 unspecified atom stereocenters. The van der Waals surface area contributed by atoms with Crippen molar-refractivity contribution in [3.05, 3.63) is 60.2 Å². The summed E-state index contributed by atoms with van der Waals surface area (Å²) in [6.07, 6.45) is -2.71. The van der Waals surface area contributed by atoms with Gasteiger partial charge in [0.2, 0.25) is 11.8 Å². The number of alkyl halides is 3. The number of hydroxylamine groups is 1. The maximum atomic E-state index is 12.9. The fourth-order valence-electron chi connectivity index (χ4n) is 2.99. The summed E-state index contributed by atoms with van der Waals surface area (Å²) < 4.78 is 38.6. The molecule has 0 bridgehead atoms. The maximum Gasteiger partial charge on any atom is 0.416 e. The van der Waals surface area contributed by atoms with Gasteiger partial charge >= 0.3 is 12.2 Å². The monoisotopic (exact) mass is 466 g/mol. The summed E-state index contributed by atoms with van der Waals surface area (Å²) in [6.45, 7) is 0. The second kappa shape index (κ2) is 12.4. The van der Waals surface area contributed by atoms with Crippen molar-refractivity contribution in [2.24, 2.45) is 0 Å². The Bertz CT molecular complexity index is 939. The van der Waals surface area contributed by atoms with E-state index in [0.29, 0.717) is 24.9 Å². The number of carbonyl (C=O) groups excluding carboxylic acids is 3. The molecule has 4 amide bonds. The van der Waals surface area contributed by atoms with Gasteiger partial charge in [-0.15, -0.1) is 0 Å². The first-order valence-electron chi connectivity index (χ1n) is 10.2. The van der Waals surface area contributed by atoms with Crippen LogP contribution in [-0.2, 0) is 15.8 Å². The zero-order chi connectivity index (χ0) is 24.3. The number of carbonyl (C=O) groups is 3. The third kappa shape index (κ3) is 9.19. The zero-order valence-corrected chi connectivity index (χ0v) is 17.6. The molecule has 0 saturated heterocycles. The van der Waals surface area contributed by atoms with Gasteiger partial charge in [0.1, 0.15) is 6.04 Å². The Hall–Kier alpha value is -3.60. The highest BCUT2D eigenvalue weighted by atomic mass is 19.4. The molecule has 8 nitrogen and oxygen atoms in total. The molecular weight excluding hydrogens is 441 g/mol. The van der Waals surface area contributed by atoms with Crippen molar-refractivity contribution < 1.29 is 32.8 Å². The predicted octanol–water partition coefficient (Wildman–Crippen LogP) is 4.29. The number of rotatable bonds is 10. The number of para-hydroxylation sites is 1. The fraction of sp³-hybridized carbons (Fsp3) is 0.318. The molecule has 0 aliphatic rings. The minimum Gasteiger partial charge on any atom is -0.326 e. The standard InChI is InChI=1S/C22H25F3N4O4/c23-22(24,25)15-8-7-11-17(14-15)27-21(32)28-18(12-5-2-6-13-19(30)29-33)20(31)26-16-9-3-1-4-10-16/h1,3-4,7-11,14,18,33H,2,5-6,12-13H2,(H,26,31)(H,29,30)(H2,27,28,32)/t18-/m0/s1. The van der Waals surface area contributed by atoms with Gasteiger partial charge < -0.3 is 16.0 Å². The number of nitrogens with one attached hydrogen (secondary N) is 4. The van der Waals surface area contributed by atoms with Crippen LogP contribution >= 0.6 is 0 Å². The Balaban J connectivity index is 2.00. The van der Waals surface area contributed by atoms with E-state index >= 15 is 0 Å². The first-order chi connectivity index (χ1) is 15.7. The number of urea groups is 1. The highest BCUT2D eigenvalue weighted by molar-refractivity contribution is 5.99. The first-order valence-corrected chi connectivity index (χ1v) is 10.2. The van der Waals surface area contributed by atoms with Crippen molar-refractivity contribution in [1.29, 1.82) is 0 Å². The van der Waals surface area contributed by atoms with Gasteiger partial charge in [-0.25, -0.2) is 10.3 Å². The SMILES string of the molecule is O=C(CCCCC[C@H](NC(=O)Nc1cccc(C(F)(F)F)c1)C(=O)Nc1ccccc1)NO. The van der Waals surface area contributed by atoms with E-state index in [2.05, 4.69) is 16.0 Å². The number of benzene rings is 2. The van der Waals surface area contributed by atoms with Gasteiger partial charge in [0.25, 0.3) is 0 Å². The molecule has 178 valence electrons. The van der Waals surface area contributed by atoms with Gasteiger partial charge in [-0.05, 0) is 43.2 Å². The molecule has 0 fully saturated rings. The largest absolute Gasteiger partial charge is 0.416 e. The van der Waals surface area contributed by atoms with Crippen LogP contribution in [0.3, 0.4) is 0 Å². The van der Waals surface area contributed by atoms with Crippen LogP contribution in [0.2, 0.25) is 0 Å². The Morgan fingerprint density at radius 2 is 1.58 bits per heavy atom. The van der Waals surface area contributed by atoms with Crippen LogP contribution in [0.25, 0.3) is 0 Å². The van der Waals surface area contributed by atoms with Crippen molar-refractivity contribution in [2.75, 3.05) is 10.6 Å². The van der Waals surface area contributed by atoms with Gasteiger partial charge in [-0.1, -0.05) is 37.1 Å². The number of hydrogen-bond acceptors (Lipinski definition) is 4. The lowest BCUT2D eigenvalue weighted by atomic mass is 10.1. The Labute approximate surface area is 188 Å². The van der Waals surface area contributed by atoms with E-state index in [1.807, 2.05) is 0 Å². The van der Waals surface area contributed by atoms with Crippen LogP contribution in [0.4, 0.5) is 29.3 Å². The quantitative estimate of drug-likeness (QED) is 0.204. The van der Waals surface area contributed by atoms with Crippen molar-refractivity contribution in [2.45, 2.75) is 44.3 Å².